The first-order valence-corrected chi connectivity index (χ1v) is 8.34. The van der Waals surface area contributed by atoms with Crippen LogP contribution in [-0.4, -0.2) is 16.3 Å². The second kappa shape index (κ2) is 4.95. The van der Waals surface area contributed by atoms with Crippen molar-refractivity contribution >= 4 is 16.8 Å². The molecule has 0 spiro atoms. The molecule has 3 atom stereocenters. The first-order chi connectivity index (χ1) is 8.22. The van der Waals surface area contributed by atoms with E-state index in [0.717, 1.165) is 23.0 Å². The zero-order chi connectivity index (χ0) is 11.8. The molecule has 17 heavy (non-hydrogen) atoms. The predicted molar refractivity (Wildman–Crippen MR) is 76.7 cm³/mol. The average Bonchev–Trinajstić information content (AvgIpc) is 2.72. The summed E-state index contributed by atoms with van der Waals surface area (Å²) in [7, 11) is 0. The van der Waals surface area contributed by atoms with E-state index in [1.54, 1.807) is 5.04 Å². The van der Waals surface area contributed by atoms with Crippen molar-refractivity contribution in [2.24, 2.45) is 22.7 Å². The Balaban J connectivity index is 1.62. The van der Waals surface area contributed by atoms with Crippen molar-refractivity contribution in [1.29, 1.82) is 0 Å². The minimum atomic E-state index is 0.686. The van der Waals surface area contributed by atoms with Gasteiger partial charge in [-0.2, -0.15) is 0 Å². The van der Waals surface area contributed by atoms with Crippen LogP contribution in [0.25, 0.3) is 0 Å². The molecule has 2 heteroatoms. The molecule has 3 unspecified atom stereocenters. The van der Waals surface area contributed by atoms with Gasteiger partial charge in [0.05, 0.1) is 11.1 Å². The van der Waals surface area contributed by atoms with E-state index < -0.39 is 0 Å². The maximum absolute atomic E-state index is 5.07. The molecule has 0 aromatic heterocycles. The summed E-state index contributed by atoms with van der Waals surface area (Å²) in [5.41, 5.74) is 0. The Hall–Kier alpha value is 0.0200. The molecule has 0 N–H and O–H groups in total. The summed E-state index contributed by atoms with van der Waals surface area (Å²) >= 11 is 2.16. The number of nitrogens with zero attached hydrogens (tertiary/aromatic N) is 1. The molecule has 2 saturated carbocycles. The predicted octanol–water partition coefficient (Wildman–Crippen LogP) is 4.52. The quantitative estimate of drug-likeness (QED) is 0.667. The Morgan fingerprint density at radius 2 is 1.65 bits per heavy atom. The lowest BCUT2D eigenvalue weighted by Gasteiger charge is -2.28. The molecule has 3 rings (SSSR count). The molecule has 0 saturated heterocycles. The first kappa shape index (κ1) is 12.1. The SMILES string of the molecule is CC1CCC(C2=NC3CCC(C)CC3S2)CC1. The minimum Gasteiger partial charge on any atom is -0.278 e. The fourth-order valence-corrected chi connectivity index (χ4v) is 5.36. The van der Waals surface area contributed by atoms with E-state index in [2.05, 4.69) is 25.6 Å². The van der Waals surface area contributed by atoms with Gasteiger partial charge < -0.3 is 0 Å². The zero-order valence-corrected chi connectivity index (χ0v) is 12.0. The molecular weight excluding hydrogens is 226 g/mol. The van der Waals surface area contributed by atoms with Gasteiger partial charge in [-0.15, -0.1) is 11.8 Å². The molecule has 96 valence electrons. The van der Waals surface area contributed by atoms with Crippen LogP contribution in [0, 0.1) is 17.8 Å². The number of aliphatic imine (C=N–C) groups is 1. The second-order valence-corrected chi connectivity index (χ2v) is 7.83. The third-order valence-corrected chi connectivity index (χ3v) is 6.44. The van der Waals surface area contributed by atoms with E-state index in [1.165, 1.54) is 44.9 Å². The summed E-state index contributed by atoms with van der Waals surface area (Å²) in [5, 5.41) is 2.38. The molecule has 0 amide bonds. The number of hydrogen-bond donors (Lipinski definition) is 0. The standard InChI is InChI=1S/C15H25NS/c1-10-3-6-12(7-4-10)15-16-13-8-5-11(2)9-14(13)17-15/h10-14H,3-9H2,1-2H3. The van der Waals surface area contributed by atoms with Crippen LogP contribution in [0.2, 0.25) is 0 Å². The largest absolute Gasteiger partial charge is 0.278 e. The van der Waals surface area contributed by atoms with Gasteiger partial charge in [0.2, 0.25) is 0 Å². The highest BCUT2D eigenvalue weighted by atomic mass is 32.2. The van der Waals surface area contributed by atoms with Gasteiger partial charge in [0.1, 0.15) is 0 Å². The van der Waals surface area contributed by atoms with Crippen molar-refractivity contribution in [3.63, 3.8) is 0 Å². The Bertz CT molecular complexity index is 304. The van der Waals surface area contributed by atoms with Crippen LogP contribution in [-0.2, 0) is 0 Å². The Kier molecular flexibility index (Phi) is 3.52. The lowest BCUT2D eigenvalue weighted by Crippen LogP contribution is -2.26. The van der Waals surface area contributed by atoms with Gasteiger partial charge in [0.15, 0.2) is 0 Å². The Morgan fingerprint density at radius 1 is 0.941 bits per heavy atom. The number of hydrogen-bond acceptors (Lipinski definition) is 2. The van der Waals surface area contributed by atoms with Gasteiger partial charge in [-0.05, 0) is 43.9 Å². The summed E-state index contributed by atoms with van der Waals surface area (Å²) in [5.74, 6) is 2.72. The number of thioether (sulfide) groups is 1. The zero-order valence-electron chi connectivity index (χ0n) is 11.2. The number of rotatable bonds is 1. The maximum Gasteiger partial charge on any atom is 0.0714 e. The van der Waals surface area contributed by atoms with Crippen molar-refractivity contribution in [2.75, 3.05) is 0 Å². The molecule has 1 heterocycles. The normalized spacial score (nSPS) is 46.5. The van der Waals surface area contributed by atoms with Crippen LogP contribution in [0.15, 0.2) is 4.99 Å². The fourth-order valence-electron chi connectivity index (χ4n) is 3.64. The van der Waals surface area contributed by atoms with E-state index in [0.29, 0.717) is 6.04 Å². The van der Waals surface area contributed by atoms with E-state index in [9.17, 15) is 0 Å². The van der Waals surface area contributed by atoms with Crippen LogP contribution >= 0.6 is 11.8 Å². The highest BCUT2D eigenvalue weighted by Crippen LogP contribution is 2.43. The lowest BCUT2D eigenvalue weighted by atomic mass is 9.83. The average molecular weight is 251 g/mol. The topological polar surface area (TPSA) is 12.4 Å². The van der Waals surface area contributed by atoms with Crippen molar-refractivity contribution < 1.29 is 0 Å². The highest BCUT2D eigenvalue weighted by molar-refractivity contribution is 8.14. The molecule has 2 fully saturated rings. The summed E-state index contributed by atoms with van der Waals surface area (Å²) in [4.78, 5) is 5.07. The summed E-state index contributed by atoms with van der Waals surface area (Å²) in [6.07, 6.45) is 9.83. The van der Waals surface area contributed by atoms with E-state index >= 15 is 0 Å². The smallest absolute Gasteiger partial charge is 0.0714 e. The van der Waals surface area contributed by atoms with Gasteiger partial charge in [-0.1, -0.05) is 26.7 Å². The van der Waals surface area contributed by atoms with Crippen molar-refractivity contribution in [2.45, 2.75) is 70.1 Å². The Labute approximate surface area is 110 Å². The van der Waals surface area contributed by atoms with Gasteiger partial charge in [-0.25, -0.2) is 0 Å². The molecule has 0 bridgehead atoms. The van der Waals surface area contributed by atoms with Crippen molar-refractivity contribution in [1.82, 2.24) is 0 Å². The van der Waals surface area contributed by atoms with Crippen LogP contribution in [0.1, 0.15) is 58.8 Å². The molecule has 0 radical (unpaired) electrons. The molecule has 1 nitrogen and oxygen atoms in total. The summed E-state index contributed by atoms with van der Waals surface area (Å²) in [6, 6.07) is 0.686. The molecule has 0 aromatic carbocycles. The van der Waals surface area contributed by atoms with Crippen LogP contribution < -0.4 is 0 Å². The fraction of sp³-hybridized carbons (Fsp3) is 0.933. The Morgan fingerprint density at radius 3 is 2.41 bits per heavy atom. The highest BCUT2D eigenvalue weighted by Gasteiger charge is 2.37. The van der Waals surface area contributed by atoms with Crippen molar-refractivity contribution in [3.8, 4) is 0 Å². The van der Waals surface area contributed by atoms with Gasteiger partial charge in [0.25, 0.3) is 0 Å². The molecule has 2 aliphatic carbocycles. The number of fused-ring (bicyclic) bond motifs is 1. The van der Waals surface area contributed by atoms with Gasteiger partial charge >= 0.3 is 0 Å². The van der Waals surface area contributed by atoms with Crippen LogP contribution in [0.5, 0.6) is 0 Å². The molecular formula is C15H25NS. The minimum absolute atomic E-state index is 0.686. The van der Waals surface area contributed by atoms with Crippen molar-refractivity contribution in [3.05, 3.63) is 0 Å². The first-order valence-electron chi connectivity index (χ1n) is 7.46. The van der Waals surface area contributed by atoms with Crippen LogP contribution in [0.3, 0.4) is 0 Å². The second-order valence-electron chi connectivity index (χ2n) is 6.57. The van der Waals surface area contributed by atoms with E-state index in [-0.39, 0.29) is 0 Å². The van der Waals surface area contributed by atoms with Gasteiger partial charge in [0, 0.05) is 11.2 Å². The van der Waals surface area contributed by atoms with E-state index in [4.69, 9.17) is 4.99 Å². The summed E-state index contributed by atoms with van der Waals surface area (Å²) in [6.45, 7) is 4.82. The third-order valence-electron chi connectivity index (χ3n) is 4.95. The summed E-state index contributed by atoms with van der Waals surface area (Å²) < 4.78 is 0. The molecule has 0 aromatic rings. The molecule has 3 aliphatic rings. The lowest BCUT2D eigenvalue weighted by molar-refractivity contribution is 0.343. The van der Waals surface area contributed by atoms with Crippen LogP contribution in [0.4, 0.5) is 0 Å². The molecule has 1 aliphatic heterocycles. The third kappa shape index (κ3) is 2.57. The van der Waals surface area contributed by atoms with E-state index in [1.807, 2.05) is 0 Å². The van der Waals surface area contributed by atoms with Gasteiger partial charge in [-0.3, -0.25) is 4.99 Å². The monoisotopic (exact) mass is 251 g/mol. The maximum atomic E-state index is 5.07.